The summed E-state index contributed by atoms with van der Waals surface area (Å²) in [5.41, 5.74) is -0.0602. The SMILES string of the molecule is O=C(O)[C@@H](CO)C12CC3CC(CC(C3)C1)C2. The molecule has 4 rings (SSSR count). The van der Waals surface area contributed by atoms with E-state index in [1.165, 1.54) is 19.3 Å². The van der Waals surface area contributed by atoms with Crippen LogP contribution in [0.15, 0.2) is 0 Å². The Morgan fingerprint density at radius 2 is 1.56 bits per heavy atom. The van der Waals surface area contributed by atoms with Crippen LogP contribution in [-0.2, 0) is 4.79 Å². The number of carbonyl (C=O) groups is 1. The van der Waals surface area contributed by atoms with Gasteiger partial charge in [-0.1, -0.05) is 0 Å². The summed E-state index contributed by atoms with van der Waals surface area (Å²) in [6.45, 7) is -0.179. The first-order chi connectivity index (χ1) is 7.63. The molecule has 0 amide bonds. The van der Waals surface area contributed by atoms with Gasteiger partial charge in [0.15, 0.2) is 0 Å². The Morgan fingerprint density at radius 1 is 1.12 bits per heavy atom. The number of rotatable bonds is 3. The zero-order valence-electron chi connectivity index (χ0n) is 9.56. The summed E-state index contributed by atoms with van der Waals surface area (Å²) in [4.78, 5) is 11.3. The molecule has 90 valence electrons. The molecule has 4 fully saturated rings. The monoisotopic (exact) mass is 224 g/mol. The Bertz CT molecular complexity index is 275. The number of aliphatic hydroxyl groups is 1. The van der Waals surface area contributed by atoms with Gasteiger partial charge >= 0.3 is 5.97 Å². The van der Waals surface area contributed by atoms with Crippen molar-refractivity contribution in [3.05, 3.63) is 0 Å². The van der Waals surface area contributed by atoms with Crippen LogP contribution < -0.4 is 0 Å². The van der Waals surface area contributed by atoms with Gasteiger partial charge in [-0.25, -0.2) is 0 Å². The lowest BCUT2D eigenvalue weighted by Gasteiger charge is -2.58. The molecule has 2 N–H and O–H groups in total. The zero-order chi connectivity index (χ0) is 11.3. The van der Waals surface area contributed by atoms with Gasteiger partial charge in [-0.05, 0) is 61.7 Å². The molecule has 0 aliphatic heterocycles. The van der Waals surface area contributed by atoms with Crippen molar-refractivity contribution in [2.75, 3.05) is 6.61 Å². The highest BCUT2D eigenvalue weighted by atomic mass is 16.4. The molecule has 0 aromatic rings. The standard InChI is InChI=1S/C13H20O3/c14-7-11(12(15)16)13-4-8-1-9(5-13)3-10(2-8)6-13/h8-11,14H,1-7H2,(H,15,16)/t8?,9?,10?,11-,13?/m1/s1. The molecule has 0 unspecified atom stereocenters. The first kappa shape index (κ1) is 10.6. The minimum atomic E-state index is -0.788. The van der Waals surface area contributed by atoms with Crippen molar-refractivity contribution in [1.82, 2.24) is 0 Å². The molecular weight excluding hydrogens is 204 g/mol. The van der Waals surface area contributed by atoms with Gasteiger partial charge in [0.2, 0.25) is 0 Å². The highest BCUT2D eigenvalue weighted by molar-refractivity contribution is 5.71. The Hall–Kier alpha value is -0.570. The van der Waals surface area contributed by atoms with E-state index in [0.717, 1.165) is 37.0 Å². The second kappa shape index (κ2) is 3.46. The fraction of sp³-hybridized carbons (Fsp3) is 0.923. The Labute approximate surface area is 95.9 Å². The van der Waals surface area contributed by atoms with Crippen LogP contribution in [0.3, 0.4) is 0 Å². The summed E-state index contributed by atoms with van der Waals surface area (Å²) >= 11 is 0. The summed E-state index contributed by atoms with van der Waals surface area (Å²) in [7, 11) is 0. The van der Waals surface area contributed by atoms with Crippen molar-refractivity contribution < 1.29 is 15.0 Å². The summed E-state index contributed by atoms with van der Waals surface area (Å²) in [5.74, 6) is 0.948. The predicted octanol–water partition coefficient (Wildman–Crippen LogP) is 1.90. The molecule has 3 nitrogen and oxygen atoms in total. The van der Waals surface area contributed by atoms with E-state index in [4.69, 9.17) is 0 Å². The number of hydrogen-bond donors (Lipinski definition) is 2. The number of hydrogen-bond acceptors (Lipinski definition) is 2. The third-order valence-electron chi connectivity index (χ3n) is 5.31. The molecule has 0 aromatic heterocycles. The van der Waals surface area contributed by atoms with E-state index in [2.05, 4.69) is 0 Å². The minimum absolute atomic E-state index is 0.0602. The second-order valence-electron chi connectivity index (χ2n) is 6.35. The smallest absolute Gasteiger partial charge is 0.309 e. The van der Waals surface area contributed by atoms with E-state index in [-0.39, 0.29) is 12.0 Å². The average molecular weight is 224 g/mol. The summed E-state index contributed by atoms with van der Waals surface area (Å²) in [5, 5.41) is 18.6. The van der Waals surface area contributed by atoms with Gasteiger partial charge in [0.25, 0.3) is 0 Å². The summed E-state index contributed by atoms with van der Waals surface area (Å²) < 4.78 is 0. The maximum absolute atomic E-state index is 11.3. The van der Waals surface area contributed by atoms with Gasteiger partial charge in [0.05, 0.1) is 12.5 Å². The number of aliphatic carboxylic acids is 1. The average Bonchev–Trinajstić information content (AvgIpc) is 2.14. The van der Waals surface area contributed by atoms with Crippen molar-refractivity contribution in [3.8, 4) is 0 Å². The molecule has 0 saturated heterocycles. The number of aliphatic hydroxyl groups excluding tert-OH is 1. The largest absolute Gasteiger partial charge is 0.481 e. The molecule has 0 heterocycles. The highest BCUT2D eigenvalue weighted by Gasteiger charge is 2.55. The fourth-order valence-corrected chi connectivity index (χ4v) is 5.14. The Balaban J connectivity index is 1.90. The first-order valence-corrected chi connectivity index (χ1v) is 6.46. The summed E-state index contributed by atoms with van der Waals surface area (Å²) in [6.07, 6.45) is 7.11. The lowest BCUT2D eigenvalue weighted by molar-refractivity contribution is -0.161. The van der Waals surface area contributed by atoms with Crippen LogP contribution in [0.5, 0.6) is 0 Å². The van der Waals surface area contributed by atoms with Crippen LogP contribution in [0.1, 0.15) is 38.5 Å². The predicted molar refractivity (Wildman–Crippen MR) is 58.8 cm³/mol. The van der Waals surface area contributed by atoms with Gasteiger partial charge < -0.3 is 10.2 Å². The van der Waals surface area contributed by atoms with E-state index < -0.39 is 11.9 Å². The van der Waals surface area contributed by atoms with E-state index >= 15 is 0 Å². The van der Waals surface area contributed by atoms with Crippen LogP contribution in [0.4, 0.5) is 0 Å². The lowest BCUT2D eigenvalue weighted by Crippen LogP contribution is -2.52. The molecule has 4 bridgehead atoms. The zero-order valence-corrected chi connectivity index (χ0v) is 9.56. The van der Waals surface area contributed by atoms with Crippen LogP contribution in [0.2, 0.25) is 0 Å². The Morgan fingerprint density at radius 3 is 1.88 bits per heavy atom. The number of carboxylic acid groups (broad SMARTS) is 1. The van der Waals surface area contributed by atoms with Gasteiger partial charge in [0, 0.05) is 0 Å². The van der Waals surface area contributed by atoms with Gasteiger partial charge in [0.1, 0.15) is 0 Å². The molecule has 4 aliphatic carbocycles. The molecule has 0 aromatic carbocycles. The quantitative estimate of drug-likeness (QED) is 0.769. The van der Waals surface area contributed by atoms with Crippen LogP contribution in [-0.4, -0.2) is 22.8 Å². The molecule has 3 heteroatoms. The van der Waals surface area contributed by atoms with Crippen LogP contribution >= 0.6 is 0 Å². The van der Waals surface area contributed by atoms with Crippen molar-refractivity contribution in [2.24, 2.45) is 29.1 Å². The van der Waals surface area contributed by atoms with E-state index in [0.29, 0.717) is 0 Å². The van der Waals surface area contributed by atoms with Crippen molar-refractivity contribution in [3.63, 3.8) is 0 Å². The van der Waals surface area contributed by atoms with Crippen molar-refractivity contribution in [1.29, 1.82) is 0 Å². The topological polar surface area (TPSA) is 57.5 Å². The van der Waals surface area contributed by atoms with Crippen LogP contribution in [0, 0.1) is 29.1 Å². The summed E-state index contributed by atoms with van der Waals surface area (Å²) in [6, 6.07) is 0. The van der Waals surface area contributed by atoms with Crippen molar-refractivity contribution in [2.45, 2.75) is 38.5 Å². The first-order valence-electron chi connectivity index (χ1n) is 6.46. The van der Waals surface area contributed by atoms with E-state index in [9.17, 15) is 15.0 Å². The normalized spacial score (nSPS) is 46.9. The molecule has 0 spiro atoms. The molecule has 1 atom stereocenters. The van der Waals surface area contributed by atoms with E-state index in [1.54, 1.807) is 0 Å². The van der Waals surface area contributed by atoms with Gasteiger partial charge in [-0.2, -0.15) is 0 Å². The maximum Gasteiger partial charge on any atom is 0.309 e. The lowest BCUT2D eigenvalue weighted by atomic mass is 9.46. The highest BCUT2D eigenvalue weighted by Crippen LogP contribution is 2.62. The third-order valence-corrected chi connectivity index (χ3v) is 5.31. The van der Waals surface area contributed by atoms with E-state index in [1.807, 2.05) is 0 Å². The van der Waals surface area contributed by atoms with Crippen LogP contribution in [0.25, 0.3) is 0 Å². The number of carboxylic acids is 1. The second-order valence-corrected chi connectivity index (χ2v) is 6.35. The molecule has 16 heavy (non-hydrogen) atoms. The Kier molecular flexibility index (Phi) is 2.29. The molecule has 0 radical (unpaired) electrons. The molecule has 4 aliphatic rings. The minimum Gasteiger partial charge on any atom is -0.481 e. The molecular formula is C13H20O3. The van der Waals surface area contributed by atoms with Gasteiger partial charge in [-0.15, -0.1) is 0 Å². The third kappa shape index (κ3) is 1.41. The van der Waals surface area contributed by atoms with Crippen molar-refractivity contribution >= 4 is 5.97 Å². The van der Waals surface area contributed by atoms with Gasteiger partial charge in [-0.3, -0.25) is 4.79 Å². The fourth-order valence-electron chi connectivity index (χ4n) is 5.14. The molecule has 4 saturated carbocycles. The maximum atomic E-state index is 11.3.